The van der Waals surface area contributed by atoms with Gasteiger partial charge in [-0.05, 0) is 54.5 Å². The van der Waals surface area contributed by atoms with Crippen LogP contribution >= 0.6 is 0 Å². The molecule has 128 valence electrons. The van der Waals surface area contributed by atoms with E-state index in [1.54, 1.807) is 0 Å². The molecule has 0 heterocycles. The molecule has 0 saturated heterocycles. The Morgan fingerprint density at radius 1 is 0.833 bits per heavy atom. The van der Waals surface area contributed by atoms with E-state index in [2.05, 4.69) is 67.3 Å². The smallest absolute Gasteiger partial charge is 0.0248 e. The van der Waals surface area contributed by atoms with E-state index in [0.29, 0.717) is 11.8 Å². The van der Waals surface area contributed by atoms with E-state index in [1.165, 1.54) is 29.5 Å². The minimum absolute atomic E-state index is 0.547. The van der Waals surface area contributed by atoms with Gasteiger partial charge in [0.25, 0.3) is 0 Å². The largest absolute Gasteiger partial charge is 0.101 e. The molecule has 0 N–H and O–H groups in total. The molecule has 0 bridgehead atoms. The Hall–Kier alpha value is -2.00. The van der Waals surface area contributed by atoms with Gasteiger partial charge in [-0.3, -0.25) is 0 Å². The standard InChI is InChI=1S/C20H20.2C2H6/c1-3-7-16-11-13-19-18(17-8-5-4-6-9-17)12-10-15(2)20(19)14-16;2*1-2/h4-6,8-9,11,13-15,18H,10,12H2,1-2H3;2*1-2H3. The molecular weight excluding hydrogens is 288 g/mol. The minimum Gasteiger partial charge on any atom is -0.101 e. The van der Waals surface area contributed by atoms with E-state index in [-0.39, 0.29) is 0 Å². The van der Waals surface area contributed by atoms with Crippen molar-refractivity contribution in [1.82, 2.24) is 0 Å². The average molecular weight is 321 g/mol. The van der Waals surface area contributed by atoms with E-state index in [0.717, 1.165) is 5.56 Å². The molecule has 0 aliphatic heterocycles. The lowest BCUT2D eigenvalue weighted by Crippen LogP contribution is -2.14. The summed E-state index contributed by atoms with van der Waals surface area (Å²) in [6.07, 6.45) is 2.51. The second-order valence-electron chi connectivity index (χ2n) is 5.66. The number of hydrogen-bond donors (Lipinski definition) is 0. The zero-order chi connectivity index (χ0) is 17.9. The van der Waals surface area contributed by atoms with E-state index < -0.39 is 0 Å². The van der Waals surface area contributed by atoms with Gasteiger partial charge >= 0.3 is 0 Å². The summed E-state index contributed by atoms with van der Waals surface area (Å²) in [4.78, 5) is 0. The van der Waals surface area contributed by atoms with E-state index in [1.807, 2.05) is 34.6 Å². The predicted octanol–water partition coefficient (Wildman–Crippen LogP) is 7.14. The fourth-order valence-corrected chi connectivity index (χ4v) is 3.30. The molecule has 1 aliphatic carbocycles. The quantitative estimate of drug-likeness (QED) is 0.490. The summed E-state index contributed by atoms with van der Waals surface area (Å²) < 4.78 is 0. The van der Waals surface area contributed by atoms with Crippen molar-refractivity contribution in [3.63, 3.8) is 0 Å². The molecule has 0 amide bonds. The number of benzene rings is 2. The van der Waals surface area contributed by atoms with Crippen molar-refractivity contribution in [2.45, 2.75) is 66.2 Å². The first-order chi connectivity index (χ1) is 11.8. The molecule has 24 heavy (non-hydrogen) atoms. The molecule has 0 aromatic heterocycles. The van der Waals surface area contributed by atoms with Crippen molar-refractivity contribution < 1.29 is 0 Å². The van der Waals surface area contributed by atoms with Crippen LogP contribution in [-0.2, 0) is 0 Å². The first-order valence-corrected chi connectivity index (χ1v) is 9.41. The molecular formula is C24H32. The highest BCUT2D eigenvalue weighted by atomic mass is 14.3. The van der Waals surface area contributed by atoms with Crippen molar-refractivity contribution in [3.05, 3.63) is 70.8 Å². The molecule has 0 saturated carbocycles. The van der Waals surface area contributed by atoms with Gasteiger partial charge in [-0.2, -0.15) is 0 Å². The van der Waals surface area contributed by atoms with Crippen LogP contribution in [0, 0.1) is 11.8 Å². The molecule has 0 nitrogen and oxygen atoms in total. The maximum atomic E-state index is 3.18. The predicted molar refractivity (Wildman–Crippen MR) is 108 cm³/mol. The Morgan fingerprint density at radius 2 is 1.50 bits per heavy atom. The lowest BCUT2D eigenvalue weighted by atomic mass is 9.74. The summed E-state index contributed by atoms with van der Waals surface area (Å²) in [5, 5.41) is 0. The van der Waals surface area contributed by atoms with Gasteiger partial charge in [0.1, 0.15) is 0 Å². The fraction of sp³-hybridized carbons (Fsp3) is 0.417. The molecule has 0 radical (unpaired) electrons. The summed E-state index contributed by atoms with van der Waals surface area (Å²) in [6, 6.07) is 17.6. The first kappa shape index (κ1) is 20.0. The van der Waals surface area contributed by atoms with Crippen LogP contribution in [0.15, 0.2) is 48.5 Å². The minimum atomic E-state index is 0.547. The zero-order valence-electron chi connectivity index (χ0n) is 16.2. The Morgan fingerprint density at radius 3 is 2.12 bits per heavy atom. The summed E-state index contributed by atoms with van der Waals surface area (Å²) in [5.41, 5.74) is 5.57. The third-order valence-corrected chi connectivity index (χ3v) is 4.35. The van der Waals surface area contributed by atoms with E-state index in [9.17, 15) is 0 Å². The maximum Gasteiger partial charge on any atom is 0.0248 e. The summed E-state index contributed by atoms with van der Waals surface area (Å²) >= 11 is 0. The van der Waals surface area contributed by atoms with Gasteiger partial charge < -0.3 is 0 Å². The van der Waals surface area contributed by atoms with Crippen molar-refractivity contribution in [1.29, 1.82) is 0 Å². The number of fused-ring (bicyclic) bond motifs is 1. The van der Waals surface area contributed by atoms with Crippen LogP contribution in [0.4, 0.5) is 0 Å². The lowest BCUT2D eigenvalue weighted by Gasteiger charge is -2.30. The molecule has 2 aromatic rings. The fourth-order valence-electron chi connectivity index (χ4n) is 3.30. The second-order valence-corrected chi connectivity index (χ2v) is 5.66. The third kappa shape index (κ3) is 4.75. The molecule has 3 rings (SSSR count). The lowest BCUT2D eigenvalue weighted by molar-refractivity contribution is 0.545. The van der Waals surface area contributed by atoms with Crippen LogP contribution in [0.3, 0.4) is 0 Å². The van der Waals surface area contributed by atoms with Crippen molar-refractivity contribution in [3.8, 4) is 11.8 Å². The summed E-state index contributed by atoms with van der Waals surface area (Å²) in [5.74, 6) is 7.37. The van der Waals surface area contributed by atoms with E-state index >= 15 is 0 Å². The molecule has 2 aromatic carbocycles. The molecule has 0 fully saturated rings. The number of hydrogen-bond acceptors (Lipinski definition) is 0. The van der Waals surface area contributed by atoms with Gasteiger partial charge in [0.2, 0.25) is 0 Å². The summed E-state index contributed by atoms with van der Waals surface area (Å²) in [6.45, 7) is 12.2. The average Bonchev–Trinajstić information content (AvgIpc) is 2.67. The molecule has 2 unspecified atom stereocenters. The molecule has 0 spiro atoms. The molecule has 1 aliphatic rings. The highest BCUT2D eigenvalue weighted by Gasteiger charge is 2.25. The Kier molecular flexibility index (Phi) is 8.95. The Balaban J connectivity index is 0.000000671. The third-order valence-electron chi connectivity index (χ3n) is 4.35. The molecule has 0 heteroatoms. The van der Waals surface area contributed by atoms with Crippen molar-refractivity contribution in [2.24, 2.45) is 0 Å². The highest BCUT2D eigenvalue weighted by Crippen LogP contribution is 2.42. The Labute approximate surface area is 149 Å². The van der Waals surface area contributed by atoms with Gasteiger partial charge in [0, 0.05) is 11.5 Å². The van der Waals surface area contributed by atoms with Gasteiger partial charge in [0.05, 0.1) is 0 Å². The van der Waals surface area contributed by atoms with Crippen LogP contribution in [-0.4, -0.2) is 0 Å². The van der Waals surface area contributed by atoms with Crippen LogP contribution in [0.1, 0.15) is 88.5 Å². The maximum absolute atomic E-state index is 3.18. The normalized spacial score (nSPS) is 17.8. The topological polar surface area (TPSA) is 0 Å². The molecule has 2 atom stereocenters. The van der Waals surface area contributed by atoms with Crippen molar-refractivity contribution >= 4 is 0 Å². The van der Waals surface area contributed by atoms with Crippen LogP contribution in [0.5, 0.6) is 0 Å². The van der Waals surface area contributed by atoms with Gasteiger partial charge in [0.15, 0.2) is 0 Å². The van der Waals surface area contributed by atoms with Gasteiger partial charge in [-0.25, -0.2) is 0 Å². The summed E-state index contributed by atoms with van der Waals surface area (Å²) in [7, 11) is 0. The second kappa shape index (κ2) is 10.7. The van der Waals surface area contributed by atoms with E-state index in [4.69, 9.17) is 0 Å². The monoisotopic (exact) mass is 320 g/mol. The Bertz CT molecular complexity index is 655. The highest BCUT2D eigenvalue weighted by molar-refractivity contribution is 5.47. The van der Waals surface area contributed by atoms with Crippen LogP contribution < -0.4 is 0 Å². The number of rotatable bonds is 1. The van der Waals surface area contributed by atoms with Gasteiger partial charge in [-0.1, -0.05) is 76.9 Å². The first-order valence-electron chi connectivity index (χ1n) is 9.41. The van der Waals surface area contributed by atoms with Crippen LogP contribution in [0.2, 0.25) is 0 Å². The van der Waals surface area contributed by atoms with Gasteiger partial charge in [-0.15, -0.1) is 5.92 Å². The van der Waals surface area contributed by atoms with Crippen molar-refractivity contribution in [2.75, 3.05) is 0 Å². The SMILES string of the molecule is CC.CC.CC#Cc1ccc2c(c1)C(C)CCC2c1ccccc1. The van der Waals surface area contributed by atoms with Crippen LogP contribution in [0.25, 0.3) is 0 Å². The zero-order valence-corrected chi connectivity index (χ0v) is 16.2.